The summed E-state index contributed by atoms with van der Waals surface area (Å²) in [5.74, 6) is 0.199. The molecule has 2 aromatic rings. The standard InChI is InChI=1S/C19H23N3O2/c23-19(9-8-16-5-3-10-20-13-16)22-12-4-7-18(14-22)24-15-17-6-1-2-11-21-17/h1-3,5-6,10-11,13,18H,4,7-9,12,14-15H2/t18-/m0/s1. The largest absolute Gasteiger partial charge is 0.370 e. The quantitative estimate of drug-likeness (QED) is 0.819. The molecule has 1 aliphatic heterocycles. The fourth-order valence-corrected chi connectivity index (χ4v) is 2.94. The molecule has 1 fully saturated rings. The molecule has 1 amide bonds. The summed E-state index contributed by atoms with van der Waals surface area (Å²) < 4.78 is 5.95. The van der Waals surface area contributed by atoms with Crippen molar-refractivity contribution < 1.29 is 9.53 Å². The Morgan fingerprint density at radius 3 is 3.00 bits per heavy atom. The lowest BCUT2D eigenvalue weighted by atomic mass is 10.1. The van der Waals surface area contributed by atoms with Crippen LogP contribution in [0.4, 0.5) is 0 Å². The second-order valence-electron chi connectivity index (χ2n) is 6.10. The van der Waals surface area contributed by atoms with Crippen molar-refractivity contribution in [2.75, 3.05) is 13.1 Å². The van der Waals surface area contributed by atoms with Crippen LogP contribution in [0.5, 0.6) is 0 Å². The number of hydrogen-bond acceptors (Lipinski definition) is 4. The first-order valence-corrected chi connectivity index (χ1v) is 8.49. The monoisotopic (exact) mass is 325 g/mol. The van der Waals surface area contributed by atoms with E-state index in [9.17, 15) is 4.79 Å². The molecule has 0 spiro atoms. The van der Waals surface area contributed by atoms with E-state index in [0.29, 0.717) is 19.6 Å². The summed E-state index contributed by atoms with van der Waals surface area (Å²) in [7, 11) is 0. The van der Waals surface area contributed by atoms with Gasteiger partial charge in [0.25, 0.3) is 0 Å². The first-order chi connectivity index (χ1) is 11.8. The van der Waals surface area contributed by atoms with Crippen molar-refractivity contribution in [1.82, 2.24) is 14.9 Å². The van der Waals surface area contributed by atoms with Gasteiger partial charge in [0.2, 0.25) is 5.91 Å². The van der Waals surface area contributed by atoms with Gasteiger partial charge in [-0.2, -0.15) is 0 Å². The fourth-order valence-electron chi connectivity index (χ4n) is 2.94. The molecule has 0 saturated carbocycles. The van der Waals surface area contributed by atoms with E-state index < -0.39 is 0 Å². The van der Waals surface area contributed by atoms with Crippen molar-refractivity contribution in [2.24, 2.45) is 0 Å². The SMILES string of the molecule is O=C(CCc1cccnc1)N1CCC[C@H](OCc2ccccn2)C1. The fraction of sp³-hybridized carbons (Fsp3) is 0.421. The van der Waals surface area contributed by atoms with E-state index in [1.54, 1.807) is 12.4 Å². The van der Waals surface area contributed by atoms with Crippen LogP contribution in [0.15, 0.2) is 48.9 Å². The van der Waals surface area contributed by atoms with Gasteiger partial charge < -0.3 is 9.64 Å². The van der Waals surface area contributed by atoms with Gasteiger partial charge in [0.15, 0.2) is 0 Å². The number of hydrogen-bond donors (Lipinski definition) is 0. The van der Waals surface area contributed by atoms with Crippen LogP contribution in [0.3, 0.4) is 0 Å². The number of carbonyl (C=O) groups excluding carboxylic acids is 1. The summed E-state index contributed by atoms with van der Waals surface area (Å²) in [6.45, 7) is 2.01. The van der Waals surface area contributed by atoms with Crippen molar-refractivity contribution in [1.29, 1.82) is 0 Å². The number of carbonyl (C=O) groups is 1. The van der Waals surface area contributed by atoms with Crippen molar-refractivity contribution >= 4 is 5.91 Å². The molecular formula is C19H23N3O2. The van der Waals surface area contributed by atoms with Crippen LogP contribution < -0.4 is 0 Å². The highest BCUT2D eigenvalue weighted by Crippen LogP contribution is 2.16. The van der Waals surface area contributed by atoms with Crippen LogP contribution in [0.2, 0.25) is 0 Å². The van der Waals surface area contributed by atoms with Crippen molar-refractivity contribution in [2.45, 2.75) is 38.4 Å². The molecule has 5 nitrogen and oxygen atoms in total. The zero-order chi connectivity index (χ0) is 16.6. The van der Waals surface area contributed by atoms with Crippen LogP contribution >= 0.6 is 0 Å². The van der Waals surface area contributed by atoms with Crippen LogP contribution in [0, 0.1) is 0 Å². The Balaban J connectivity index is 1.45. The smallest absolute Gasteiger partial charge is 0.222 e. The Hall–Kier alpha value is -2.27. The molecule has 2 aromatic heterocycles. The van der Waals surface area contributed by atoms with E-state index in [4.69, 9.17) is 4.74 Å². The maximum atomic E-state index is 12.4. The maximum absolute atomic E-state index is 12.4. The molecule has 0 radical (unpaired) electrons. The number of aryl methyl sites for hydroxylation is 1. The number of aromatic nitrogens is 2. The summed E-state index contributed by atoms with van der Waals surface area (Å²) >= 11 is 0. The van der Waals surface area contributed by atoms with Gasteiger partial charge in [-0.05, 0) is 43.0 Å². The molecule has 0 unspecified atom stereocenters. The summed E-state index contributed by atoms with van der Waals surface area (Å²) in [6, 6.07) is 9.73. The number of ether oxygens (including phenoxy) is 1. The molecule has 0 N–H and O–H groups in total. The van der Waals surface area contributed by atoms with Gasteiger partial charge in [-0.1, -0.05) is 12.1 Å². The van der Waals surface area contributed by atoms with Crippen LogP contribution in [0.25, 0.3) is 0 Å². The Labute approximate surface area is 142 Å². The number of rotatable bonds is 6. The Morgan fingerprint density at radius 2 is 2.21 bits per heavy atom. The van der Waals surface area contributed by atoms with E-state index in [1.807, 2.05) is 41.4 Å². The molecule has 1 aliphatic rings. The lowest BCUT2D eigenvalue weighted by Gasteiger charge is -2.32. The zero-order valence-corrected chi connectivity index (χ0v) is 13.8. The van der Waals surface area contributed by atoms with Crippen molar-refractivity contribution in [3.05, 3.63) is 60.2 Å². The van der Waals surface area contributed by atoms with E-state index in [1.165, 1.54) is 0 Å². The predicted molar refractivity (Wildman–Crippen MR) is 91.2 cm³/mol. The second-order valence-corrected chi connectivity index (χ2v) is 6.10. The average Bonchev–Trinajstić information content (AvgIpc) is 2.66. The van der Waals surface area contributed by atoms with Gasteiger partial charge in [-0.3, -0.25) is 14.8 Å². The summed E-state index contributed by atoms with van der Waals surface area (Å²) in [5.41, 5.74) is 2.03. The minimum absolute atomic E-state index is 0.100. The Bertz CT molecular complexity index is 634. The van der Waals surface area contributed by atoms with E-state index in [-0.39, 0.29) is 12.0 Å². The molecule has 126 valence electrons. The molecule has 5 heteroatoms. The van der Waals surface area contributed by atoms with Crippen LogP contribution in [0.1, 0.15) is 30.5 Å². The summed E-state index contributed by atoms with van der Waals surface area (Å²) in [4.78, 5) is 22.7. The van der Waals surface area contributed by atoms with Crippen LogP contribution in [-0.2, 0) is 22.6 Å². The first-order valence-electron chi connectivity index (χ1n) is 8.49. The lowest BCUT2D eigenvalue weighted by Crippen LogP contribution is -2.43. The predicted octanol–water partition coefficient (Wildman–Crippen LogP) is 2.62. The second kappa shape index (κ2) is 8.55. The van der Waals surface area contributed by atoms with Gasteiger partial charge in [0.1, 0.15) is 0 Å². The number of piperidine rings is 1. The zero-order valence-electron chi connectivity index (χ0n) is 13.8. The minimum atomic E-state index is 0.100. The summed E-state index contributed by atoms with van der Waals surface area (Å²) in [6.07, 6.45) is 8.70. The minimum Gasteiger partial charge on any atom is -0.370 e. The molecule has 24 heavy (non-hydrogen) atoms. The van der Waals surface area contributed by atoms with Gasteiger partial charge in [0.05, 0.1) is 18.4 Å². The Kier molecular flexibility index (Phi) is 5.90. The molecule has 3 heterocycles. The van der Waals surface area contributed by atoms with Gasteiger partial charge in [-0.15, -0.1) is 0 Å². The van der Waals surface area contributed by atoms with Crippen LogP contribution in [-0.4, -0.2) is 40.0 Å². The lowest BCUT2D eigenvalue weighted by molar-refractivity contribution is -0.135. The highest BCUT2D eigenvalue weighted by molar-refractivity contribution is 5.76. The third kappa shape index (κ3) is 4.86. The number of amides is 1. The van der Waals surface area contributed by atoms with E-state index in [2.05, 4.69) is 9.97 Å². The van der Waals surface area contributed by atoms with E-state index >= 15 is 0 Å². The molecule has 1 atom stereocenters. The van der Waals surface area contributed by atoms with Crippen molar-refractivity contribution in [3.8, 4) is 0 Å². The van der Waals surface area contributed by atoms with E-state index in [0.717, 1.165) is 37.1 Å². The molecule has 0 aliphatic carbocycles. The number of nitrogens with zero attached hydrogens (tertiary/aromatic N) is 3. The average molecular weight is 325 g/mol. The van der Waals surface area contributed by atoms with Gasteiger partial charge in [-0.25, -0.2) is 0 Å². The van der Waals surface area contributed by atoms with Gasteiger partial charge >= 0.3 is 0 Å². The molecule has 1 saturated heterocycles. The molecule has 3 rings (SSSR count). The highest BCUT2D eigenvalue weighted by Gasteiger charge is 2.24. The summed E-state index contributed by atoms with van der Waals surface area (Å²) in [5, 5.41) is 0. The highest BCUT2D eigenvalue weighted by atomic mass is 16.5. The topological polar surface area (TPSA) is 55.3 Å². The van der Waals surface area contributed by atoms with Gasteiger partial charge in [0, 0.05) is 38.1 Å². The molecule has 0 aromatic carbocycles. The molecule has 0 bridgehead atoms. The van der Waals surface area contributed by atoms with Crippen molar-refractivity contribution in [3.63, 3.8) is 0 Å². The third-order valence-corrected chi connectivity index (χ3v) is 4.27. The Morgan fingerprint density at radius 1 is 1.25 bits per heavy atom. The number of likely N-dealkylation sites (tertiary alicyclic amines) is 1. The maximum Gasteiger partial charge on any atom is 0.222 e. The molecular weight excluding hydrogens is 302 g/mol. The normalized spacial score (nSPS) is 17.7. The number of pyridine rings is 2. The first kappa shape index (κ1) is 16.6. The third-order valence-electron chi connectivity index (χ3n) is 4.27.